The number of rotatable bonds is 1. The predicted octanol–water partition coefficient (Wildman–Crippen LogP) is 2.61. The molecule has 1 rings (SSSR count). The lowest BCUT2D eigenvalue weighted by Gasteiger charge is -2.00. The molecule has 0 aliphatic rings. The van der Waals surface area contributed by atoms with E-state index in [4.69, 9.17) is 33.7 Å². The third kappa shape index (κ3) is 1.64. The van der Waals surface area contributed by atoms with Crippen LogP contribution in [-0.4, -0.2) is 10.3 Å². The van der Waals surface area contributed by atoms with Gasteiger partial charge < -0.3 is 5.11 Å². The third-order valence-corrected chi connectivity index (χ3v) is 1.82. The zero-order valence-electron chi connectivity index (χ0n) is 5.44. The second-order valence-electron chi connectivity index (χ2n) is 1.95. The van der Waals surface area contributed by atoms with Gasteiger partial charge in [0.25, 0.3) is 0 Å². The molecule has 0 radical (unpaired) electrons. The zero-order valence-corrected chi connectivity index (χ0v) is 6.95. The minimum atomic E-state index is -0.175. The standard InChI is InChI=1S/C7H5Cl2NO/c8-6-4(7(9)10)2-1-3-5(6)11/h1-3,10-11H. The fourth-order valence-corrected chi connectivity index (χ4v) is 1.12. The Kier molecular flexibility index (Phi) is 2.37. The molecule has 0 aliphatic heterocycles. The molecule has 2 nitrogen and oxygen atoms in total. The highest BCUT2D eigenvalue weighted by Gasteiger charge is 2.06. The molecule has 0 saturated carbocycles. The lowest BCUT2D eigenvalue weighted by Crippen LogP contribution is -1.89. The van der Waals surface area contributed by atoms with Crippen molar-refractivity contribution in [3.63, 3.8) is 0 Å². The first-order valence-corrected chi connectivity index (χ1v) is 3.60. The topological polar surface area (TPSA) is 44.1 Å². The summed E-state index contributed by atoms with van der Waals surface area (Å²) in [6.07, 6.45) is 0. The lowest BCUT2D eigenvalue weighted by atomic mass is 10.2. The van der Waals surface area contributed by atoms with Crippen LogP contribution < -0.4 is 0 Å². The predicted molar refractivity (Wildman–Crippen MR) is 45.8 cm³/mol. The molecule has 1 aromatic carbocycles. The second-order valence-corrected chi connectivity index (χ2v) is 2.71. The fourth-order valence-electron chi connectivity index (χ4n) is 0.689. The van der Waals surface area contributed by atoms with E-state index in [-0.39, 0.29) is 15.9 Å². The van der Waals surface area contributed by atoms with E-state index in [0.717, 1.165) is 0 Å². The Morgan fingerprint density at radius 3 is 2.55 bits per heavy atom. The van der Waals surface area contributed by atoms with Crippen LogP contribution >= 0.6 is 23.2 Å². The smallest absolute Gasteiger partial charge is 0.134 e. The summed E-state index contributed by atoms with van der Waals surface area (Å²) in [5.41, 5.74) is 0.341. The highest BCUT2D eigenvalue weighted by atomic mass is 35.5. The average molecular weight is 190 g/mol. The third-order valence-electron chi connectivity index (χ3n) is 1.21. The molecule has 0 fully saturated rings. The van der Waals surface area contributed by atoms with Gasteiger partial charge in [0.2, 0.25) is 0 Å². The van der Waals surface area contributed by atoms with Gasteiger partial charge in [-0.3, -0.25) is 5.41 Å². The highest BCUT2D eigenvalue weighted by molar-refractivity contribution is 6.69. The van der Waals surface area contributed by atoms with Gasteiger partial charge in [0, 0.05) is 5.56 Å². The van der Waals surface area contributed by atoms with Crippen LogP contribution in [0.4, 0.5) is 0 Å². The summed E-state index contributed by atoms with van der Waals surface area (Å²) in [6.45, 7) is 0. The Morgan fingerprint density at radius 2 is 2.09 bits per heavy atom. The minimum absolute atomic E-state index is 0.0606. The van der Waals surface area contributed by atoms with Gasteiger partial charge in [-0.1, -0.05) is 35.3 Å². The van der Waals surface area contributed by atoms with Gasteiger partial charge in [0.05, 0.1) is 5.02 Å². The van der Waals surface area contributed by atoms with Crippen LogP contribution in [0.15, 0.2) is 18.2 Å². The molecule has 0 aliphatic carbocycles. The van der Waals surface area contributed by atoms with E-state index < -0.39 is 0 Å². The van der Waals surface area contributed by atoms with E-state index in [0.29, 0.717) is 5.56 Å². The van der Waals surface area contributed by atoms with Gasteiger partial charge >= 0.3 is 0 Å². The summed E-state index contributed by atoms with van der Waals surface area (Å²) in [5.74, 6) is -0.0606. The van der Waals surface area contributed by atoms with Gasteiger partial charge in [-0.25, -0.2) is 0 Å². The fraction of sp³-hybridized carbons (Fsp3) is 0. The number of hydrogen-bond donors (Lipinski definition) is 2. The van der Waals surface area contributed by atoms with E-state index in [2.05, 4.69) is 0 Å². The minimum Gasteiger partial charge on any atom is -0.506 e. The zero-order chi connectivity index (χ0) is 8.43. The second kappa shape index (κ2) is 3.11. The van der Waals surface area contributed by atoms with Gasteiger partial charge in [-0.2, -0.15) is 0 Å². The van der Waals surface area contributed by atoms with E-state index >= 15 is 0 Å². The lowest BCUT2D eigenvalue weighted by molar-refractivity contribution is 0.475. The molecule has 0 amide bonds. The van der Waals surface area contributed by atoms with Crippen molar-refractivity contribution >= 4 is 28.4 Å². The van der Waals surface area contributed by atoms with E-state index in [1.807, 2.05) is 0 Å². The summed E-state index contributed by atoms with van der Waals surface area (Å²) in [7, 11) is 0. The van der Waals surface area contributed by atoms with Crippen molar-refractivity contribution in [2.45, 2.75) is 0 Å². The quantitative estimate of drug-likeness (QED) is 0.656. The van der Waals surface area contributed by atoms with E-state index in [1.54, 1.807) is 12.1 Å². The summed E-state index contributed by atoms with van der Waals surface area (Å²) in [6, 6.07) is 4.58. The molecule has 0 saturated heterocycles. The van der Waals surface area contributed by atoms with Crippen LogP contribution in [0.5, 0.6) is 5.75 Å². The van der Waals surface area contributed by atoms with Crippen LogP contribution in [0.1, 0.15) is 5.56 Å². The summed E-state index contributed by atoms with van der Waals surface area (Å²) in [4.78, 5) is 0. The molecule has 0 spiro atoms. The van der Waals surface area contributed by atoms with Crippen molar-refractivity contribution in [1.82, 2.24) is 0 Å². The Bertz CT molecular complexity index is 298. The Morgan fingerprint density at radius 1 is 1.45 bits per heavy atom. The maximum Gasteiger partial charge on any atom is 0.134 e. The number of halogens is 2. The largest absolute Gasteiger partial charge is 0.506 e. The normalized spacial score (nSPS) is 9.64. The molecule has 0 atom stereocenters. The van der Waals surface area contributed by atoms with Crippen LogP contribution in [0, 0.1) is 5.41 Å². The van der Waals surface area contributed by atoms with Crippen molar-refractivity contribution in [3.8, 4) is 5.75 Å². The number of phenols is 1. The molecule has 1 aromatic rings. The van der Waals surface area contributed by atoms with Crippen molar-refractivity contribution in [1.29, 1.82) is 5.41 Å². The molecule has 2 N–H and O–H groups in total. The summed E-state index contributed by atoms with van der Waals surface area (Å²) in [5, 5.41) is 16.0. The molecule has 4 heteroatoms. The summed E-state index contributed by atoms with van der Waals surface area (Å²) < 4.78 is 0. The van der Waals surface area contributed by atoms with Crippen molar-refractivity contribution in [3.05, 3.63) is 28.8 Å². The average Bonchev–Trinajstić information content (AvgIpc) is 1.94. The summed E-state index contributed by atoms with van der Waals surface area (Å²) >= 11 is 11.0. The molecule has 0 aromatic heterocycles. The maximum absolute atomic E-state index is 9.06. The first kappa shape index (κ1) is 8.37. The number of benzene rings is 1. The number of hydrogen-bond acceptors (Lipinski definition) is 2. The first-order valence-electron chi connectivity index (χ1n) is 2.85. The number of aromatic hydroxyl groups is 1. The molecular formula is C7H5Cl2NO. The number of nitrogens with one attached hydrogen (secondary N) is 1. The molecule has 11 heavy (non-hydrogen) atoms. The van der Waals surface area contributed by atoms with Crippen molar-refractivity contribution < 1.29 is 5.11 Å². The Labute approximate surface area is 73.9 Å². The molecule has 0 bridgehead atoms. The number of phenolic OH excluding ortho intramolecular Hbond substituents is 1. The van der Waals surface area contributed by atoms with Crippen LogP contribution in [-0.2, 0) is 0 Å². The Balaban J connectivity index is 3.27. The highest BCUT2D eigenvalue weighted by Crippen LogP contribution is 2.27. The van der Waals surface area contributed by atoms with Gasteiger partial charge in [0.15, 0.2) is 0 Å². The molecule has 0 unspecified atom stereocenters. The Hall–Kier alpha value is -0.730. The first-order chi connectivity index (χ1) is 5.13. The monoisotopic (exact) mass is 189 g/mol. The van der Waals surface area contributed by atoms with Gasteiger partial charge in [0.1, 0.15) is 10.9 Å². The molecule has 0 heterocycles. The van der Waals surface area contributed by atoms with Crippen molar-refractivity contribution in [2.24, 2.45) is 0 Å². The van der Waals surface area contributed by atoms with Crippen LogP contribution in [0.25, 0.3) is 0 Å². The van der Waals surface area contributed by atoms with E-state index in [1.165, 1.54) is 6.07 Å². The molecular weight excluding hydrogens is 185 g/mol. The van der Waals surface area contributed by atoms with Gasteiger partial charge in [-0.15, -0.1) is 0 Å². The SMILES string of the molecule is N=C(Cl)c1cccc(O)c1Cl. The van der Waals surface area contributed by atoms with E-state index in [9.17, 15) is 0 Å². The maximum atomic E-state index is 9.06. The van der Waals surface area contributed by atoms with Crippen molar-refractivity contribution in [2.75, 3.05) is 0 Å². The molecule has 58 valence electrons. The van der Waals surface area contributed by atoms with Crippen LogP contribution in [0.2, 0.25) is 5.02 Å². The van der Waals surface area contributed by atoms with Crippen LogP contribution in [0.3, 0.4) is 0 Å². The van der Waals surface area contributed by atoms with Gasteiger partial charge in [-0.05, 0) is 6.07 Å².